The van der Waals surface area contributed by atoms with Crippen molar-refractivity contribution in [1.82, 2.24) is 25.2 Å². The van der Waals surface area contributed by atoms with Crippen LogP contribution in [0.4, 0.5) is 5.69 Å². The van der Waals surface area contributed by atoms with Crippen LogP contribution < -0.4 is 0 Å². The lowest BCUT2D eigenvalue weighted by molar-refractivity contribution is -0.384. The van der Waals surface area contributed by atoms with Gasteiger partial charge in [0.2, 0.25) is 5.89 Å². The molecule has 0 N–H and O–H groups in total. The molecular formula is C19H14N6O3. The van der Waals surface area contributed by atoms with Crippen molar-refractivity contribution >= 4 is 17.8 Å². The molecule has 0 unspecified atom stereocenters. The Morgan fingerprint density at radius 2 is 1.75 bits per heavy atom. The third kappa shape index (κ3) is 3.40. The molecule has 2 heterocycles. The van der Waals surface area contributed by atoms with Crippen molar-refractivity contribution < 1.29 is 9.34 Å². The van der Waals surface area contributed by atoms with Gasteiger partial charge in [0.1, 0.15) is 0 Å². The summed E-state index contributed by atoms with van der Waals surface area (Å²) in [5.74, 6) is 0.599. The highest BCUT2D eigenvalue weighted by Crippen LogP contribution is 2.23. The minimum Gasteiger partial charge on any atom is -0.415 e. The molecule has 4 aromatic rings. The minimum atomic E-state index is -0.452. The Hall–Kier alpha value is -4.14. The Balaban J connectivity index is 1.58. The Morgan fingerprint density at radius 1 is 1.00 bits per heavy atom. The van der Waals surface area contributed by atoms with Crippen LogP contribution in [0.3, 0.4) is 0 Å². The number of nitro groups is 1. The Kier molecular flexibility index (Phi) is 4.47. The van der Waals surface area contributed by atoms with Crippen molar-refractivity contribution in [3.63, 3.8) is 0 Å². The van der Waals surface area contributed by atoms with Gasteiger partial charge in [0.25, 0.3) is 11.6 Å². The molecule has 0 spiro atoms. The van der Waals surface area contributed by atoms with Crippen LogP contribution in [0.2, 0.25) is 0 Å². The molecule has 0 saturated heterocycles. The molecule has 0 aliphatic heterocycles. The quantitative estimate of drug-likeness (QED) is 0.386. The molecule has 0 atom stereocenters. The van der Waals surface area contributed by atoms with Gasteiger partial charge >= 0.3 is 0 Å². The lowest BCUT2D eigenvalue weighted by Gasteiger charge is -2.02. The van der Waals surface area contributed by atoms with E-state index < -0.39 is 4.92 Å². The zero-order valence-corrected chi connectivity index (χ0v) is 14.8. The maximum absolute atomic E-state index is 10.8. The highest BCUT2D eigenvalue weighted by molar-refractivity contribution is 5.66. The van der Waals surface area contributed by atoms with Gasteiger partial charge in [-0.3, -0.25) is 10.1 Å². The summed E-state index contributed by atoms with van der Waals surface area (Å²) in [5, 5.41) is 27.0. The summed E-state index contributed by atoms with van der Waals surface area (Å²) in [6, 6.07) is 15.8. The van der Waals surface area contributed by atoms with Crippen LogP contribution in [0.1, 0.15) is 17.1 Å². The number of non-ortho nitro benzene ring substituents is 1. The molecular weight excluding hydrogens is 360 g/mol. The van der Waals surface area contributed by atoms with E-state index in [1.807, 2.05) is 36.4 Å². The summed E-state index contributed by atoms with van der Waals surface area (Å²) < 4.78 is 7.22. The third-order valence-corrected chi connectivity index (χ3v) is 4.06. The van der Waals surface area contributed by atoms with Crippen molar-refractivity contribution in [2.45, 2.75) is 6.92 Å². The molecule has 2 aromatic carbocycles. The molecule has 138 valence electrons. The monoisotopic (exact) mass is 374 g/mol. The molecule has 0 bridgehead atoms. The third-order valence-electron chi connectivity index (χ3n) is 4.06. The fourth-order valence-electron chi connectivity index (χ4n) is 2.62. The number of rotatable bonds is 5. The van der Waals surface area contributed by atoms with Crippen LogP contribution in [0.15, 0.2) is 59.0 Å². The fourth-order valence-corrected chi connectivity index (χ4v) is 2.62. The molecule has 0 fully saturated rings. The van der Waals surface area contributed by atoms with Crippen LogP contribution in [0, 0.1) is 17.0 Å². The maximum Gasteiger partial charge on any atom is 0.270 e. The van der Waals surface area contributed by atoms with Crippen molar-refractivity contribution in [1.29, 1.82) is 0 Å². The van der Waals surface area contributed by atoms with Gasteiger partial charge in [0.15, 0.2) is 5.69 Å². The second kappa shape index (κ2) is 7.23. The largest absolute Gasteiger partial charge is 0.415 e. The smallest absolute Gasteiger partial charge is 0.270 e. The number of nitro benzene ring substituents is 1. The number of hydrogen-bond donors (Lipinski definition) is 0. The predicted molar refractivity (Wildman–Crippen MR) is 101 cm³/mol. The molecule has 0 amide bonds. The van der Waals surface area contributed by atoms with E-state index in [2.05, 4.69) is 20.5 Å². The summed E-state index contributed by atoms with van der Waals surface area (Å²) in [4.78, 5) is 10.3. The standard InChI is InChI=1S/C19H14N6O3/c1-13-18(21-23-24(13)15-8-10-16(11-9-15)25(26)27)19-22-20-17(28-19)12-7-14-5-3-2-4-6-14/h2-12H,1H3/b12-7+. The normalized spacial score (nSPS) is 11.2. The van der Waals surface area contributed by atoms with E-state index in [0.717, 1.165) is 5.56 Å². The summed E-state index contributed by atoms with van der Waals surface area (Å²) in [6.07, 6.45) is 3.60. The molecule has 28 heavy (non-hydrogen) atoms. The Labute approximate surface area is 159 Å². The van der Waals surface area contributed by atoms with Gasteiger partial charge in [-0.1, -0.05) is 35.5 Å². The van der Waals surface area contributed by atoms with E-state index in [4.69, 9.17) is 4.42 Å². The van der Waals surface area contributed by atoms with Gasteiger partial charge in [-0.15, -0.1) is 15.3 Å². The van der Waals surface area contributed by atoms with E-state index in [1.165, 1.54) is 12.1 Å². The predicted octanol–water partition coefficient (Wildman–Crippen LogP) is 3.70. The Bertz CT molecular complexity index is 1150. The van der Waals surface area contributed by atoms with Crippen LogP contribution in [-0.4, -0.2) is 30.1 Å². The number of benzene rings is 2. The highest BCUT2D eigenvalue weighted by atomic mass is 16.6. The zero-order valence-electron chi connectivity index (χ0n) is 14.8. The molecule has 0 radical (unpaired) electrons. The first kappa shape index (κ1) is 17.3. The number of nitrogens with zero attached hydrogens (tertiary/aromatic N) is 6. The average molecular weight is 374 g/mol. The van der Waals surface area contributed by atoms with Crippen molar-refractivity contribution in [3.05, 3.63) is 81.9 Å². The van der Waals surface area contributed by atoms with Gasteiger partial charge in [-0.05, 0) is 30.7 Å². The lowest BCUT2D eigenvalue weighted by atomic mass is 10.2. The van der Waals surface area contributed by atoms with E-state index in [9.17, 15) is 10.1 Å². The summed E-state index contributed by atoms with van der Waals surface area (Å²) in [5.41, 5.74) is 2.79. The van der Waals surface area contributed by atoms with Gasteiger partial charge in [0, 0.05) is 18.2 Å². The van der Waals surface area contributed by atoms with Gasteiger partial charge in [-0.2, -0.15) is 0 Å². The van der Waals surface area contributed by atoms with Crippen LogP contribution >= 0.6 is 0 Å². The first-order valence-corrected chi connectivity index (χ1v) is 8.36. The van der Waals surface area contributed by atoms with Gasteiger partial charge in [-0.25, -0.2) is 4.68 Å². The van der Waals surface area contributed by atoms with Crippen molar-refractivity contribution in [3.8, 4) is 17.3 Å². The summed E-state index contributed by atoms with van der Waals surface area (Å²) in [7, 11) is 0. The second-order valence-corrected chi connectivity index (χ2v) is 5.90. The van der Waals surface area contributed by atoms with Gasteiger partial charge < -0.3 is 4.42 Å². The molecule has 0 aliphatic rings. The summed E-state index contributed by atoms with van der Waals surface area (Å²) in [6.45, 7) is 1.81. The first-order chi connectivity index (χ1) is 13.6. The number of hydrogen-bond acceptors (Lipinski definition) is 7. The average Bonchev–Trinajstić information content (AvgIpc) is 3.33. The van der Waals surface area contributed by atoms with Crippen LogP contribution in [-0.2, 0) is 0 Å². The van der Waals surface area contributed by atoms with E-state index in [1.54, 1.807) is 29.8 Å². The van der Waals surface area contributed by atoms with Crippen LogP contribution in [0.25, 0.3) is 29.4 Å². The lowest BCUT2D eigenvalue weighted by Crippen LogP contribution is -1.99. The first-order valence-electron chi connectivity index (χ1n) is 8.36. The van der Waals surface area contributed by atoms with Crippen molar-refractivity contribution in [2.24, 2.45) is 0 Å². The van der Waals surface area contributed by atoms with Gasteiger partial charge in [0.05, 0.1) is 16.3 Å². The second-order valence-electron chi connectivity index (χ2n) is 5.90. The van der Waals surface area contributed by atoms with Crippen LogP contribution in [0.5, 0.6) is 0 Å². The van der Waals surface area contributed by atoms with E-state index >= 15 is 0 Å². The SMILES string of the molecule is Cc1c(-c2nnc(/C=C/c3ccccc3)o2)nnn1-c1ccc([N+](=O)[O-])cc1. The highest BCUT2D eigenvalue weighted by Gasteiger charge is 2.18. The molecule has 9 nitrogen and oxygen atoms in total. The summed E-state index contributed by atoms with van der Waals surface area (Å²) >= 11 is 0. The fraction of sp³-hybridized carbons (Fsp3) is 0.0526. The molecule has 2 aromatic heterocycles. The molecule has 9 heteroatoms. The number of aromatic nitrogens is 5. The Morgan fingerprint density at radius 3 is 2.46 bits per heavy atom. The zero-order chi connectivity index (χ0) is 19.5. The van der Waals surface area contributed by atoms with Crippen molar-refractivity contribution in [2.75, 3.05) is 0 Å². The topological polar surface area (TPSA) is 113 Å². The van der Waals surface area contributed by atoms with E-state index in [-0.39, 0.29) is 11.6 Å². The maximum atomic E-state index is 10.8. The van der Waals surface area contributed by atoms with E-state index in [0.29, 0.717) is 23.0 Å². The molecule has 0 aliphatic carbocycles. The minimum absolute atomic E-state index is 0.00786. The molecule has 4 rings (SSSR count). The molecule has 0 saturated carbocycles.